The number of nitrogens with two attached hydrogens (primary N) is 1. The predicted octanol–water partition coefficient (Wildman–Crippen LogP) is -0.289. The van der Waals surface area contributed by atoms with E-state index in [-0.39, 0.29) is 58.8 Å². The molecule has 0 aliphatic heterocycles. The summed E-state index contributed by atoms with van der Waals surface area (Å²) in [7, 11) is 0. The van der Waals surface area contributed by atoms with Gasteiger partial charge in [0, 0.05) is 5.75 Å². The van der Waals surface area contributed by atoms with Crippen LogP contribution in [0.15, 0.2) is 42.6 Å². The Bertz CT molecular complexity index is 420. The fourth-order valence-corrected chi connectivity index (χ4v) is 1.05. The van der Waals surface area contributed by atoms with E-state index in [0.717, 1.165) is 5.75 Å². The summed E-state index contributed by atoms with van der Waals surface area (Å²) in [6.07, 6.45) is 1.51. The first kappa shape index (κ1) is 15.6. The van der Waals surface area contributed by atoms with Gasteiger partial charge in [0.1, 0.15) is 5.75 Å². The number of anilines is 1. The summed E-state index contributed by atoms with van der Waals surface area (Å²) in [4.78, 5) is 3.87. The SMILES string of the molecule is Nc1nc[c-]cc1Oc1ccccc1.[CH3-].[K+]. The maximum absolute atomic E-state index is 5.61. The molecule has 1 aromatic carbocycles. The number of nitrogens with zero attached hydrogens (tertiary/aromatic N) is 1. The van der Waals surface area contributed by atoms with Crippen molar-refractivity contribution in [3.8, 4) is 11.5 Å². The van der Waals surface area contributed by atoms with E-state index in [0.29, 0.717) is 11.6 Å². The minimum atomic E-state index is 0. The molecule has 0 amide bonds. The number of benzene rings is 1. The molecule has 4 heteroatoms. The Morgan fingerprint density at radius 1 is 1.19 bits per heavy atom. The number of hydrogen-bond acceptors (Lipinski definition) is 3. The Hall–Kier alpha value is -0.394. The first-order valence-corrected chi connectivity index (χ1v) is 4.21. The molecule has 1 aromatic heterocycles. The molecule has 0 saturated carbocycles. The van der Waals surface area contributed by atoms with Crippen molar-refractivity contribution in [2.75, 3.05) is 5.73 Å². The van der Waals surface area contributed by atoms with Gasteiger partial charge in [0.2, 0.25) is 0 Å². The van der Waals surface area contributed by atoms with Crippen molar-refractivity contribution >= 4 is 5.82 Å². The minimum absolute atomic E-state index is 0. The van der Waals surface area contributed by atoms with Crippen molar-refractivity contribution in [2.24, 2.45) is 0 Å². The van der Waals surface area contributed by atoms with Crippen LogP contribution in [0.3, 0.4) is 0 Å². The number of nitrogen functional groups attached to an aromatic ring is 1. The van der Waals surface area contributed by atoms with Gasteiger partial charge in [-0.15, -0.1) is 0 Å². The summed E-state index contributed by atoms with van der Waals surface area (Å²) >= 11 is 0. The van der Waals surface area contributed by atoms with E-state index in [2.05, 4.69) is 11.1 Å². The fraction of sp³-hybridized carbons (Fsp3) is 0. The number of para-hydroxylation sites is 1. The van der Waals surface area contributed by atoms with Crippen LogP contribution in [0.1, 0.15) is 0 Å². The molecule has 0 unspecified atom stereocenters. The summed E-state index contributed by atoms with van der Waals surface area (Å²) in [5.74, 6) is 1.63. The Kier molecular flexibility index (Phi) is 7.62. The molecule has 2 aromatic rings. The zero-order valence-electron chi connectivity index (χ0n) is 9.47. The molecule has 3 nitrogen and oxygen atoms in total. The summed E-state index contributed by atoms with van der Waals surface area (Å²) in [5.41, 5.74) is 5.61. The summed E-state index contributed by atoms with van der Waals surface area (Å²) in [6.45, 7) is 0. The van der Waals surface area contributed by atoms with Crippen LogP contribution in [0.2, 0.25) is 0 Å². The molecule has 78 valence electrons. The van der Waals surface area contributed by atoms with Crippen LogP contribution in [-0.4, -0.2) is 4.98 Å². The largest absolute Gasteiger partial charge is 1.00 e. The molecule has 0 aliphatic carbocycles. The van der Waals surface area contributed by atoms with Gasteiger partial charge in [0.15, 0.2) is 0 Å². The van der Waals surface area contributed by atoms with Crippen molar-refractivity contribution in [3.63, 3.8) is 0 Å². The maximum atomic E-state index is 5.61. The van der Waals surface area contributed by atoms with Gasteiger partial charge in [-0.3, -0.25) is 4.98 Å². The second-order valence-electron chi connectivity index (χ2n) is 2.73. The van der Waals surface area contributed by atoms with Crippen molar-refractivity contribution in [2.45, 2.75) is 0 Å². The Morgan fingerprint density at radius 2 is 1.88 bits per heavy atom. The third-order valence-electron chi connectivity index (χ3n) is 1.72. The molecular weight excluding hydrogens is 227 g/mol. The first-order chi connectivity index (χ1) is 6.86. The zero-order chi connectivity index (χ0) is 9.80. The molecule has 0 atom stereocenters. The number of hydrogen-bond donors (Lipinski definition) is 1. The standard InChI is InChI=1S/C11H9N2O.CH3.K/c12-11-10(7-4-8-13-11)14-9-5-2-1-3-6-9;;/h1-3,5-8H,(H2,12,13);1H3;/q2*-1;+1. The Labute approximate surface area is 138 Å². The van der Waals surface area contributed by atoms with Gasteiger partial charge in [-0.1, -0.05) is 24.4 Å². The molecule has 0 aliphatic rings. The van der Waals surface area contributed by atoms with Crippen LogP contribution in [0.25, 0.3) is 0 Å². The van der Waals surface area contributed by atoms with Crippen molar-refractivity contribution in [1.29, 1.82) is 0 Å². The third-order valence-corrected chi connectivity index (χ3v) is 1.72. The maximum Gasteiger partial charge on any atom is 1.00 e. The van der Waals surface area contributed by atoms with Crippen LogP contribution >= 0.6 is 0 Å². The molecule has 0 radical (unpaired) electrons. The van der Waals surface area contributed by atoms with Gasteiger partial charge in [0.05, 0.1) is 5.82 Å². The first-order valence-electron chi connectivity index (χ1n) is 4.21. The van der Waals surface area contributed by atoms with E-state index in [1.54, 1.807) is 6.07 Å². The second-order valence-corrected chi connectivity index (χ2v) is 2.73. The van der Waals surface area contributed by atoms with E-state index in [1.807, 2.05) is 30.3 Å². The quantitative estimate of drug-likeness (QED) is 0.579. The Balaban J connectivity index is 0.00000112. The van der Waals surface area contributed by atoms with Crippen LogP contribution in [0, 0.1) is 13.5 Å². The summed E-state index contributed by atoms with van der Waals surface area (Å²) < 4.78 is 5.49. The molecule has 16 heavy (non-hydrogen) atoms. The van der Waals surface area contributed by atoms with Gasteiger partial charge in [-0.2, -0.15) is 6.07 Å². The van der Waals surface area contributed by atoms with Gasteiger partial charge in [0.25, 0.3) is 0 Å². The van der Waals surface area contributed by atoms with E-state index < -0.39 is 0 Å². The van der Waals surface area contributed by atoms with Crippen molar-refractivity contribution in [3.05, 3.63) is 56.1 Å². The smallest absolute Gasteiger partial charge is 0.542 e. The van der Waals surface area contributed by atoms with E-state index in [1.165, 1.54) is 6.20 Å². The number of ether oxygens (including phenoxy) is 1. The van der Waals surface area contributed by atoms with E-state index in [4.69, 9.17) is 10.5 Å². The van der Waals surface area contributed by atoms with Crippen LogP contribution in [-0.2, 0) is 0 Å². The number of pyridine rings is 1. The van der Waals surface area contributed by atoms with Crippen LogP contribution < -0.4 is 61.9 Å². The van der Waals surface area contributed by atoms with E-state index >= 15 is 0 Å². The third kappa shape index (κ3) is 4.23. The number of rotatable bonds is 2. The second kappa shape index (κ2) is 7.81. The zero-order valence-corrected chi connectivity index (χ0v) is 12.6. The summed E-state index contributed by atoms with van der Waals surface area (Å²) in [6, 6.07) is 13.9. The molecule has 0 saturated heterocycles. The molecule has 1 heterocycles. The fourth-order valence-electron chi connectivity index (χ4n) is 1.05. The van der Waals surface area contributed by atoms with Crippen LogP contribution in [0.4, 0.5) is 5.82 Å². The van der Waals surface area contributed by atoms with Gasteiger partial charge in [-0.05, 0) is 12.1 Å². The monoisotopic (exact) mass is 239 g/mol. The van der Waals surface area contributed by atoms with Gasteiger partial charge >= 0.3 is 51.4 Å². The molecule has 2 N–H and O–H groups in total. The molecule has 0 fully saturated rings. The summed E-state index contributed by atoms with van der Waals surface area (Å²) in [5, 5.41) is 0. The predicted molar refractivity (Wildman–Crippen MR) is 60.4 cm³/mol. The topological polar surface area (TPSA) is 48.1 Å². The molecule has 2 rings (SSSR count). The van der Waals surface area contributed by atoms with E-state index in [9.17, 15) is 0 Å². The van der Waals surface area contributed by atoms with Gasteiger partial charge in [-0.25, -0.2) is 6.07 Å². The average Bonchev–Trinajstić information content (AvgIpc) is 2.23. The van der Waals surface area contributed by atoms with Crippen molar-refractivity contribution in [1.82, 2.24) is 4.98 Å². The van der Waals surface area contributed by atoms with Crippen molar-refractivity contribution < 1.29 is 56.1 Å². The van der Waals surface area contributed by atoms with Gasteiger partial charge < -0.3 is 17.9 Å². The minimum Gasteiger partial charge on any atom is -0.542 e. The molecular formula is C12H12KN2O-. The van der Waals surface area contributed by atoms with Crippen LogP contribution in [0.5, 0.6) is 11.5 Å². The Morgan fingerprint density at radius 3 is 2.50 bits per heavy atom. The molecule has 0 spiro atoms. The normalized spacial score (nSPS) is 8.50. The molecule has 0 bridgehead atoms. The average molecular weight is 239 g/mol. The number of aromatic nitrogens is 1.